The van der Waals surface area contributed by atoms with Gasteiger partial charge >= 0.3 is 6.03 Å². The molecule has 86 valence electrons. The van der Waals surface area contributed by atoms with Crippen molar-refractivity contribution < 1.29 is 9.18 Å². The highest BCUT2D eigenvalue weighted by atomic mass is 19.1. The molecule has 2 N–H and O–H groups in total. The third-order valence-corrected chi connectivity index (χ3v) is 2.89. The van der Waals surface area contributed by atoms with E-state index in [9.17, 15) is 9.18 Å². The van der Waals surface area contributed by atoms with E-state index in [-0.39, 0.29) is 17.9 Å². The second kappa shape index (κ2) is 4.09. The van der Waals surface area contributed by atoms with Crippen molar-refractivity contribution in [1.82, 2.24) is 4.90 Å². The minimum Gasteiger partial charge on any atom is -0.328 e. The summed E-state index contributed by atoms with van der Waals surface area (Å²) in [5.74, 6) is -0.387. The first-order chi connectivity index (χ1) is 7.65. The molecule has 0 bridgehead atoms. The standard InChI is InChI=1S/C11H14FN3O/c1-14-8(6-13)7-15(11(14)16)10-5-3-2-4-9(10)12/h2-5,8H,6-7,13H2,1H3. The molecule has 0 radical (unpaired) electrons. The molecule has 1 aromatic rings. The molecule has 0 aliphatic carbocycles. The summed E-state index contributed by atoms with van der Waals surface area (Å²) in [6.07, 6.45) is 0. The van der Waals surface area contributed by atoms with Gasteiger partial charge < -0.3 is 10.6 Å². The molecular weight excluding hydrogens is 209 g/mol. The number of rotatable bonds is 2. The molecule has 4 nitrogen and oxygen atoms in total. The van der Waals surface area contributed by atoms with Crippen LogP contribution >= 0.6 is 0 Å². The molecule has 5 heteroatoms. The molecule has 0 spiro atoms. The Morgan fingerprint density at radius 1 is 1.50 bits per heavy atom. The highest BCUT2D eigenvalue weighted by molar-refractivity contribution is 5.94. The van der Waals surface area contributed by atoms with E-state index in [2.05, 4.69) is 0 Å². The van der Waals surface area contributed by atoms with E-state index in [0.29, 0.717) is 18.8 Å². The van der Waals surface area contributed by atoms with Crippen LogP contribution in [0.1, 0.15) is 0 Å². The molecule has 0 saturated carbocycles. The molecule has 2 rings (SSSR count). The summed E-state index contributed by atoms with van der Waals surface area (Å²) < 4.78 is 13.5. The van der Waals surface area contributed by atoms with Crippen LogP contribution in [0.5, 0.6) is 0 Å². The predicted octanol–water partition coefficient (Wildman–Crippen LogP) is 1.02. The van der Waals surface area contributed by atoms with Gasteiger partial charge in [0.15, 0.2) is 0 Å². The second-order valence-corrected chi connectivity index (χ2v) is 3.85. The Kier molecular flexibility index (Phi) is 2.78. The Bertz CT molecular complexity index is 410. The molecule has 1 fully saturated rings. The first-order valence-electron chi connectivity index (χ1n) is 5.14. The van der Waals surface area contributed by atoms with Crippen LogP contribution in [-0.4, -0.2) is 37.1 Å². The number of halogens is 1. The number of hydrogen-bond donors (Lipinski definition) is 1. The fourth-order valence-electron chi connectivity index (χ4n) is 1.86. The third kappa shape index (κ3) is 1.63. The number of benzene rings is 1. The number of urea groups is 1. The first-order valence-corrected chi connectivity index (χ1v) is 5.14. The zero-order valence-corrected chi connectivity index (χ0v) is 9.06. The Labute approximate surface area is 93.4 Å². The van der Waals surface area contributed by atoms with Crippen molar-refractivity contribution >= 4 is 11.7 Å². The molecule has 1 heterocycles. The van der Waals surface area contributed by atoms with E-state index >= 15 is 0 Å². The monoisotopic (exact) mass is 223 g/mol. The number of para-hydroxylation sites is 1. The lowest BCUT2D eigenvalue weighted by molar-refractivity contribution is 0.219. The largest absolute Gasteiger partial charge is 0.328 e. The van der Waals surface area contributed by atoms with Crippen LogP contribution < -0.4 is 10.6 Å². The number of carbonyl (C=O) groups excluding carboxylic acids is 1. The number of hydrogen-bond acceptors (Lipinski definition) is 2. The van der Waals surface area contributed by atoms with Crippen molar-refractivity contribution in [2.24, 2.45) is 5.73 Å². The minimum absolute atomic E-state index is 0.0490. The van der Waals surface area contributed by atoms with E-state index in [0.717, 1.165) is 0 Å². The van der Waals surface area contributed by atoms with Gasteiger partial charge in [0.1, 0.15) is 5.82 Å². The van der Waals surface area contributed by atoms with Gasteiger partial charge in [-0.2, -0.15) is 0 Å². The van der Waals surface area contributed by atoms with Crippen molar-refractivity contribution in [3.05, 3.63) is 30.1 Å². The van der Waals surface area contributed by atoms with Crippen LogP contribution in [-0.2, 0) is 0 Å². The van der Waals surface area contributed by atoms with E-state index in [1.807, 2.05) is 0 Å². The normalized spacial score (nSPS) is 20.7. The zero-order chi connectivity index (χ0) is 11.7. The summed E-state index contributed by atoms with van der Waals surface area (Å²) in [7, 11) is 1.68. The van der Waals surface area contributed by atoms with Crippen molar-refractivity contribution in [2.75, 3.05) is 25.0 Å². The van der Waals surface area contributed by atoms with E-state index in [4.69, 9.17) is 5.73 Å². The smallest absolute Gasteiger partial charge is 0.324 e. The van der Waals surface area contributed by atoms with Gasteiger partial charge in [-0.3, -0.25) is 4.90 Å². The van der Waals surface area contributed by atoms with E-state index in [1.165, 1.54) is 11.0 Å². The summed E-state index contributed by atoms with van der Waals surface area (Å²) in [5, 5.41) is 0. The van der Waals surface area contributed by atoms with Gasteiger partial charge in [0, 0.05) is 20.1 Å². The van der Waals surface area contributed by atoms with Gasteiger partial charge in [-0.1, -0.05) is 12.1 Å². The topological polar surface area (TPSA) is 49.6 Å². The van der Waals surface area contributed by atoms with Gasteiger partial charge in [0.05, 0.1) is 11.7 Å². The van der Waals surface area contributed by atoms with Gasteiger partial charge in [0.2, 0.25) is 0 Å². The van der Waals surface area contributed by atoms with E-state index in [1.54, 1.807) is 30.1 Å². The Hall–Kier alpha value is -1.62. The van der Waals surface area contributed by atoms with Gasteiger partial charge in [0.25, 0.3) is 0 Å². The molecule has 1 atom stereocenters. The average Bonchev–Trinajstić information content (AvgIpc) is 2.57. The van der Waals surface area contributed by atoms with Gasteiger partial charge in [-0.05, 0) is 12.1 Å². The molecule has 1 aromatic carbocycles. The third-order valence-electron chi connectivity index (χ3n) is 2.89. The molecule has 2 amide bonds. The second-order valence-electron chi connectivity index (χ2n) is 3.85. The predicted molar refractivity (Wildman–Crippen MR) is 59.7 cm³/mol. The van der Waals surface area contributed by atoms with Gasteiger partial charge in [-0.15, -0.1) is 0 Å². The summed E-state index contributed by atoms with van der Waals surface area (Å²) in [6, 6.07) is 6.00. The summed E-state index contributed by atoms with van der Waals surface area (Å²) in [6.45, 7) is 0.819. The Morgan fingerprint density at radius 2 is 2.19 bits per heavy atom. The number of amides is 2. The quantitative estimate of drug-likeness (QED) is 0.814. The number of nitrogens with two attached hydrogens (primary N) is 1. The van der Waals surface area contributed by atoms with E-state index < -0.39 is 0 Å². The van der Waals surface area contributed by atoms with Crippen LogP contribution in [0.25, 0.3) is 0 Å². The van der Waals surface area contributed by atoms with Crippen LogP contribution in [0, 0.1) is 5.82 Å². The number of nitrogens with zero attached hydrogens (tertiary/aromatic N) is 2. The van der Waals surface area contributed by atoms with Gasteiger partial charge in [-0.25, -0.2) is 9.18 Å². The SMILES string of the molecule is CN1C(=O)N(c2ccccc2F)CC1CN. The first kappa shape index (κ1) is 10.9. The maximum atomic E-state index is 13.5. The number of likely N-dealkylation sites (N-methyl/N-ethyl adjacent to an activating group) is 1. The van der Waals surface area contributed by atoms with Crippen molar-refractivity contribution in [2.45, 2.75) is 6.04 Å². The average molecular weight is 223 g/mol. The number of anilines is 1. The molecule has 1 aliphatic heterocycles. The van der Waals surface area contributed by atoms with Crippen molar-refractivity contribution in [3.63, 3.8) is 0 Å². The lowest BCUT2D eigenvalue weighted by Gasteiger charge is -2.16. The molecule has 1 saturated heterocycles. The Morgan fingerprint density at radius 3 is 2.75 bits per heavy atom. The maximum Gasteiger partial charge on any atom is 0.324 e. The van der Waals surface area contributed by atoms with Crippen LogP contribution in [0.4, 0.5) is 14.9 Å². The molecule has 1 aliphatic rings. The zero-order valence-electron chi connectivity index (χ0n) is 9.06. The lowest BCUT2D eigenvalue weighted by Crippen LogP contribution is -2.35. The molecular formula is C11H14FN3O. The summed E-state index contributed by atoms with van der Waals surface area (Å²) >= 11 is 0. The van der Waals surface area contributed by atoms with Crippen molar-refractivity contribution in [3.8, 4) is 0 Å². The highest BCUT2D eigenvalue weighted by Gasteiger charge is 2.35. The minimum atomic E-state index is -0.387. The molecule has 1 unspecified atom stereocenters. The summed E-state index contributed by atoms with van der Waals surface area (Å²) in [4.78, 5) is 14.8. The van der Waals surface area contributed by atoms with Crippen LogP contribution in [0.15, 0.2) is 24.3 Å². The fraction of sp³-hybridized carbons (Fsp3) is 0.364. The van der Waals surface area contributed by atoms with Crippen LogP contribution in [0.3, 0.4) is 0 Å². The lowest BCUT2D eigenvalue weighted by atomic mass is 10.2. The summed E-state index contributed by atoms with van der Waals surface area (Å²) in [5.41, 5.74) is 5.87. The Balaban J connectivity index is 2.30. The highest BCUT2D eigenvalue weighted by Crippen LogP contribution is 2.24. The van der Waals surface area contributed by atoms with Crippen LogP contribution in [0.2, 0.25) is 0 Å². The molecule has 0 aromatic heterocycles. The van der Waals surface area contributed by atoms with Crippen molar-refractivity contribution in [1.29, 1.82) is 0 Å². The number of carbonyl (C=O) groups is 1. The molecule has 16 heavy (non-hydrogen) atoms. The maximum absolute atomic E-state index is 13.5. The fourth-order valence-corrected chi connectivity index (χ4v) is 1.86.